The minimum atomic E-state index is -3.62. The molecular formula is C11H16N2O4S. The summed E-state index contributed by atoms with van der Waals surface area (Å²) in [6.45, 7) is 0. The lowest BCUT2D eigenvalue weighted by molar-refractivity contribution is 0.0697. The summed E-state index contributed by atoms with van der Waals surface area (Å²) in [7, 11) is 2.57. The van der Waals surface area contributed by atoms with Gasteiger partial charge >= 0.3 is 5.97 Å². The fraction of sp³-hybridized carbons (Fsp3) is 0.364. The van der Waals surface area contributed by atoms with E-state index in [1.807, 2.05) is 0 Å². The molecule has 1 aromatic rings. The number of hydrogen-bond donors (Lipinski definition) is 1. The molecule has 100 valence electrons. The van der Waals surface area contributed by atoms with Gasteiger partial charge in [-0.3, -0.25) is 0 Å². The number of carbonyl (C=O) groups is 1. The Hall–Kier alpha value is -1.60. The Morgan fingerprint density at radius 3 is 2.11 bits per heavy atom. The van der Waals surface area contributed by atoms with Crippen molar-refractivity contribution in [1.29, 1.82) is 0 Å². The van der Waals surface area contributed by atoms with Gasteiger partial charge in [0, 0.05) is 28.2 Å². The average Bonchev–Trinajstić information content (AvgIpc) is 2.27. The van der Waals surface area contributed by atoms with E-state index in [0.717, 1.165) is 4.31 Å². The van der Waals surface area contributed by atoms with Gasteiger partial charge in [0.1, 0.15) is 0 Å². The van der Waals surface area contributed by atoms with Crippen LogP contribution in [0.25, 0.3) is 0 Å². The van der Waals surface area contributed by atoms with E-state index < -0.39 is 16.0 Å². The fourth-order valence-corrected chi connectivity index (χ4v) is 2.38. The van der Waals surface area contributed by atoms with Crippen molar-refractivity contribution in [3.63, 3.8) is 0 Å². The van der Waals surface area contributed by atoms with Crippen LogP contribution in [0.5, 0.6) is 0 Å². The van der Waals surface area contributed by atoms with Crippen molar-refractivity contribution >= 4 is 21.7 Å². The number of benzene rings is 1. The second-order valence-electron chi connectivity index (χ2n) is 4.17. The van der Waals surface area contributed by atoms with E-state index >= 15 is 0 Å². The maximum atomic E-state index is 11.9. The zero-order valence-corrected chi connectivity index (χ0v) is 11.5. The first-order chi connectivity index (χ1) is 8.17. The molecule has 7 heteroatoms. The lowest BCUT2D eigenvalue weighted by atomic mass is 10.1. The minimum absolute atomic E-state index is 0.0319. The Bertz CT molecular complexity index is 564. The zero-order chi connectivity index (χ0) is 14.1. The molecule has 6 nitrogen and oxygen atoms in total. The molecule has 0 atom stereocenters. The Balaban J connectivity index is 3.46. The third kappa shape index (κ3) is 2.62. The number of sulfonamides is 1. The number of rotatable bonds is 4. The Kier molecular flexibility index (Phi) is 3.98. The summed E-state index contributed by atoms with van der Waals surface area (Å²) >= 11 is 0. The van der Waals surface area contributed by atoms with E-state index in [2.05, 4.69) is 0 Å². The van der Waals surface area contributed by atoms with Gasteiger partial charge in [0.15, 0.2) is 0 Å². The van der Waals surface area contributed by atoms with Gasteiger partial charge in [0.25, 0.3) is 0 Å². The predicted molar refractivity (Wildman–Crippen MR) is 68.6 cm³/mol. The second-order valence-corrected chi connectivity index (χ2v) is 6.32. The van der Waals surface area contributed by atoms with Gasteiger partial charge in [-0.05, 0) is 18.2 Å². The highest BCUT2D eigenvalue weighted by Crippen LogP contribution is 2.23. The maximum absolute atomic E-state index is 11.9. The molecule has 0 bridgehead atoms. The fourth-order valence-electron chi connectivity index (χ4n) is 1.45. The average molecular weight is 272 g/mol. The number of carboxylic acid groups (broad SMARTS) is 1. The van der Waals surface area contributed by atoms with Crippen LogP contribution in [-0.2, 0) is 10.0 Å². The molecule has 18 heavy (non-hydrogen) atoms. The first kappa shape index (κ1) is 14.5. The molecule has 0 spiro atoms. The molecule has 0 aromatic heterocycles. The topological polar surface area (TPSA) is 77.9 Å². The smallest absolute Gasteiger partial charge is 0.337 e. The van der Waals surface area contributed by atoms with Crippen molar-refractivity contribution in [1.82, 2.24) is 4.31 Å². The van der Waals surface area contributed by atoms with Crippen LogP contribution < -0.4 is 4.90 Å². The third-order valence-corrected chi connectivity index (χ3v) is 4.27. The first-order valence-corrected chi connectivity index (χ1v) is 6.59. The molecule has 0 unspecified atom stereocenters. The predicted octanol–water partition coefficient (Wildman–Crippen LogP) is 0.701. The number of anilines is 1. The number of aromatic carboxylic acids is 1. The van der Waals surface area contributed by atoms with Crippen molar-refractivity contribution in [3.05, 3.63) is 23.8 Å². The summed E-state index contributed by atoms with van der Waals surface area (Å²) in [5.74, 6) is -1.16. The van der Waals surface area contributed by atoms with E-state index in [1.54, 1.807) is 19.0 Å². The van der Waals surface area contributed by atoms with Crippen molar-refractivity contribution < 1.29 is 18.3 Å². The van der Waals surface area contributed by atoms with E-state index in [9.17, 15) is 13.2 Å². The second kappa shape index (κ2) is 4.95. The van der Waals surface area contributed by atoms with Crippen molar-refractivity contribution in [3.8, 4) is 0 Å². The molecule has 0 radical (unpaired) electrons. The van der Waals surface area contributed by atoms with E-state index in [4.69, 9.17) is 5.11 Å². The van der Waals surface area contributed by atoms with Gasteiger partial charge in [0.05, 0.1) is 16.1 Å². The molecule has 0 amide bonds. The number of hydrogen-bond acceptors (Lipinski definition) is 4. The van der Waals surface area contributed by atoms with Crippen molar-refractivity contribution in [2.75, 3.05) is 33.1 Å². The van der Waals surface area contributed by atoms with Gasteiger partial charge in [-0.25, -0.2) is 17.5 Å². The molecule has 0 heterocycles. The van der Waals surface area contributed by atoms with Crippen LogP contribution in [0.4, 0.5) is 5.69 Å². The van der Waals surface area contributed by atoms with Crippen LogP contribution in [0.1, 0.15) is 10.4 Å². The van der Waals surface area contributed by atoms with Gasteiger partial charge in [0.2, 0.25) is 10.0 Å². The van der Waals surface area contributed by atoms with Crippen LogP contribution in [0.3, 0.4) is 0 Å². The summed E-state index contributed by atoms with van der Waals surface area (Å²) in [5.41, 5.74) is 0.420. The number of carboxylic acids is 1. The monoisotopic (exact) mass is 272 g/mol. The van der Waals surface area contributed by atoms with Crippen LogP contribution in [0.15, 0.2) is 23.1 Å². The van der Waals surface area contributed by atoms with Gasteiger partial charge in [-0.2, -0.15) is 0 Å². The normalized spacial score (nSPS) is 11.6. The van der Waals surface area contributed by atoms with E-state index in [0.29, 0.717) is 5.69 Å². The standard InChI is InChI=1S/C11H16N2O4S/c1-12(2)10-6-5-8(7-9(10)11(14)15)18(16,17)13(3)4/h5-7H,1-4H3,(H,14,15). The lowest BCUT2D eigenvalue weighted by Crippen LogP contribution is -2.23. The summed E-state index contributed by atoms with van der Waals surface area (Å²) < 4.78 is 24.9. The SMILES string of the molecule is CN(C)c1ccc(S(=O)(=O)N(C)C)cc1C(=O)O. The Morgan fingerprint density at radius 1 is 1.17 bits per heavy atom. The largest absolute Gasteiger partial charge is 0.478 e. The molecule has 1 aromatic carbocycles. The van der Waals surface area contributed by atoms with Gasteiger partial charge in [-0.1, -0.05) is 0 Å². The summed E-state index contributed by atoms with van der Waals surface area (Å²) in [4.78, 5) is 12.7. The maximum Gasteiger partial charge on any atom is 0.337 e. The van der Waals surface area contributed by atoms with Crippen molar-refractivity contribution in [2.45, 2.75) is 4.90 Å². The quantitative estimate of drug-likeness (QED) is 0.873. The molecule has 0 fully saturated rings. The highest BCUT2D eigenvalue weighted by molar-refractivity contribution is 7.89. The third-order valence-electron chi connectivity index (χ3n) is 2.46. The van der Waals surface area contributed by atoms with Crippen LogP contribution >= 0.6 is 0 Å². The van der Waals surface area contributed by atoms with E-state index in [1.165, 1.54) is 32.3 Å². The Labute approximate surface area is 106 Å². The van der Waals surface area contributed by atoms with Crippen LogP contribution in [0.2, 0.25) is 0 Å². The lowest BCUT2D eigenvalue weighted by Gasteiger charge is -2.17. The first-order valence-electron chi connectivity index (χ1n) is 5.15. The molecule has 0 saturated heterocycles. The van der Waals surface area contributed by atoms with Gasteiger partial charge < -0.3 is 10.0 Å². The highest BCUT2D eigenvalue weighted by atomic mass is 32.2. The summed E-state index contributed by atoms with van der Waals surface area (Å²) in [6, 6.07) is 4.06. The van der Waals surface area contributed by atoms with E-state index in [-0.39, 0.29) is 10.5 Å². The van der Waals surface area contributed by atoms with Crippen molar-refractivity contribution in [2.24, 2.45) is 0 Å². The summed E-state index contributed by atoms with van der Waals surface area (Å²) in [6.07, 6.45) is 0. The summed E-state index contributed by atoms with van der Waals surface area (Å²) in [5, 5.41) is 9.11. The van der Waals surface area contributed by atoms with Crippen LogP contribution in [-0.4, -0.2) is 52.0 Å². The Morgan fingerprint density at radius 2 is 1.72 bits per heavy atom. The molecule has 0 aliphatic carbocycles. The zero-order valence-electron chi connectivity index (χ0n) is 10.7. The molecule has 0 aliphatic rings. The van der Waals surface area contributed by atoms with Gasteiger partial charge in [-0.15, -0.1) is 0 Å². The molecule has 1 N–H and O–H groups in total. The molecule has 1 rings (SSSR count). The minimum Gasteiger partial charge on any atom is -0.478 e. The molecule has 0 aliphatic heterocycles. The number of nitrogens with zero attached hydrogens (tertiary/aromatic N) is 2. The molecular weight excluding hydrogens is 256 g/mol. The molecule has 0 saturated carbocycles. The highest BCUT2D eigenvalue weighted by Gasteiger charge is 2.21. The van der Waals surface area contributed by atoms with Crippen LogP contribution in [0, 0.1) is 0 Å².